The Balaban J connectivity index is 3.19. The third-order valence-electron chi connectivity index (χ3n) is 1.53. The summed E-state index contributed by atoms with van der Waals surface area (Å²) >= 11 is 0. The summed E-state index contributed by atoms with van der Waals surface area (Å²) in [5.41, 5.74) is 1.27. The van der Waals surface area contributed by atoms with Crippen molar-refractivity contribution in [3.63, 3.8) is 0 Å². The fourth-order valence-corrected chi connectivity index (χ4v) is 0.665. The Hall–Kier alpha value is -0.725. The summed E-state index contributed by atoms with van der Waals surface area (Å²) in [6, 6.07) is 0. The first-order valence-electron chi connectivity index (χ1n) is 2.69. The number of aromatic nitrogens is 2. The Morgan fingerprint density at radius 1 is 1.75 bits per heavy atom. The van der Waals surface area contributed by atoms with E-state index in [1.54, 1.807) is 0 Å². The van der Waals surface area contributed by atoms with Crippen LogP contribution in [0.5, 0.6) is 0 Å². The number of hydrogen-bond acceptors (Lipinski definition) is 0. The predicted octanol–water partition coefficient (Wildman–Crippen LogP) is -1.89. The van der Waals surface area contributed by atoms with Crippen molar-refractivity contribution >= 4 is 13.6 Å². The second-order valence-electron chi connectivity index (χ2n) is 2.07. The molecule has 0 aromatic carbocycles. The van der Waals surface area contributed by atoms with Gasteiger partial charge in [0, 0.05) is 0 Å². The first kappa shape index (κ1) is 5.41. The molecular weight excluding hydrogens is 98.9 g/mol. The summed E-state index contributed by atoms with van der Waals surface area (Å²) in [6.07, 6.45) is 4.07. The zero-order valence-electron chi connectivity index (χ0n) is 5.55. The molecule has 0 saturated carbocycles. The van der Waals surface area contributed by atoms with Crippen molar-refractivity contribution in [3.8, 4) is 0 Å². The second-order valence-corrected chi connectivity index (χ2v) is 2.07. The van der Waals surface area contributed by atoms with Crippen molar-refractivity contribution in [1.82, 2.24) is 4.57 Å². The topological polar surface area (TPSA) is 8.81 Å². The fraction of sp³-hybridized carbons (Fsp3) is 0.400. The second kappa shape index (κ2) is 1.65. The van der Waals surface area contributed by atoms with Gasteiger partial charge in [-0.2, -0.15) is 0 Å². The third-order valence-corrected chi connectivity index (χ3v) is 1.53. The molecule has 0 amide bonds. The van der Waals surface area contributed by atoms with E-state index in [1.807, 2.05) is 26.5 Å². The highest BCUT2D eigenvalue weighted by Gasteiger charge is 2.00. The van der Waals surface area contributed by atoms with Crippen LogP contribution in [0.1, 0.15) is 0 Å². The average Bonchev–Trinajstić information content (AvgIpc) is 1.98. The Labute approximate surface area is 50.2 Å². The molecule has 1 aromatic heterocycles. The normalized spacial score (nSPS) is 9.75. The van der Waals surface area contributed by atoms with Crippen LogP contribution >= 0.6 is 0 Å². The van der Waals surface area contributed by atoms with E-state index in [-0.39, 0.29) is 0 Å². The van der Waals surface area contributed by atoms with Crippen molar-refractivity contribution in [2.45, 2.75) is 0 Å². The van der Waals surface area contributed by atoms with Crippen LogP contribution in [-0.4, -0.2) is 12.4 Å². The number of hydrogen-bond donors (Lipinski definition) is 0. The van der Waals surface area contributed by atoms with Gasteiger partial charge in [0.2, 0.25) is 7.85 Å². The molecule has 1 heterocycles. The highest BCUT2D eigenvalue weighted by atomic mass is 15.1. The highest BCUT2D eigenvalue weighted by molar-refractivity contribution is 6.27. The number of imidazole rings is 1. The van der Waals surface area contributed by atoms with Crippen LogP contribution in [0.3, 0.4) is 0 Å². The van der Waals surface area contributed by atoms with Crippen LogP contribution in [0.25, 0.3) is 0 Å². The zero-order chi connectivity index (χ0) is 6.15. The molecule has 2 nitrogen and oxygen atoms in total. The van der Waals surface area contributed by atoms with Crippen LogP contribution < -0.4 is 10.3 Å². The monoisotopic (exact) mass is 109 g/mol. The van der Waals surface area contributed by atoms with Gasteiger partial charge in [-0.3, -0.25) is 0 Å². The van der Waals surface area contributed by atoms with E-state index in [4.69, 9.17) is 0 Å². The molecule has 0 atom stereocenters. The summed E-state index contributed by atoms with van der Waals surface area (Å²) in [6.45, 7) is 0. The minimum Gasteiger partial charge on any atom is -0.247 e. The molecule has 0 fully saturated rings. The third kappa shape index (κ3) is 0.640. The lowest BCUT2D eigenvalue weighted by Crippen LogP contribution is -2.45. The van der Waals surface area contributed by atoms with Crippen molar-refractivity contribution in [1.29, 1.82) is 0 Å². The van der Waals surface area contributed by atoms with Gasteiger partial charge in [-0.05, 0) is 0 Å². The summed E-state index contributed by atoms with van der Waals surface area (Å²) in [5.74, 6) is 0. The molecule has 8 heavy (non-hydrogen) atoms. The maximum absolute atomic E-state index is 2.08. The molecule has 0 aliphatic carbocycles. The van der Waals surface area contributed by atoms with Crippen LogP contribution in [0.2, 0.25) is 0 Å². The van der Waals surface area contributed by atoms with Crippen molar-refractivity contribution < 1.29 is 4.57 Å². The van der Waals surface area contributed by atoms with Crippen molar-refractivity contribution in [3.05, 3.63) is 12.4 Å². The number of aryl methyl sites for hydroxylation is 2. The molecule has 1 aromatic rings. The molecule has 42 valence electrons. The van der Waals surface area contributed by atoms with Gasteiger partial charge in [0.15, 0.2) is 5.72 Å². The van der Waals surface area contributed by atoms with Gasteiger partial charge in [0.05, 0.1) is 14.1 Å². The smallest absolute Gasteiger partial charge is 0.247 e. The van der Waals surface area contributed by atoms with Crippen LogP contribution in [0, 0.1) is 0 Å². The maximum atomic E-state index is 2.08. The Bertz CT molecular complexity index is 173. The van der Waals surface area contributed by atoms with Gasteiger partial charge < -0.3 is 0 Å². The van der Waals surface area contributed by atoms with E-state index in [2.05, 4.69) is 17.0 Å². The van der Waals surface area contributed by atoms with Crippen molar-refractivity contribution in [2.24, 2.45) is 14.1 Å². The van der Waals surface area contributed by atoms with Crippen LogP contribution in [0.4, 0.5) is 0 Å². The van der Waals surface area contributed by atoms with Gasteiger partial charge in [-0.25, -0.2) is 9.13 Å². The zero-order valence-corrected chi connectivity index (χ0v) is 5.55. The molecule has 0 saturated heterocycles. The Kier molecular flexibility index (Phi) is 1.12. The largest absolute Gasteiger partial charge is 0.248 e. The van der Waals surface area contributed by atoms with E-state index in [0.29, 0.717) is 0 Å². The summed E-state index contributed by atoms with van der Waals surface area (Å²) in [7, 11) is 6.16. The van der Waals surface area contributed by atoms with Gasteiger partial charge in [0.25, 0.3) is 0 Å². The maximum Gasteiger partial charge on any atom is 0.248 e. The van der Waals surface area contributed by atoms with E-state index < -0.39 is 0 Å². The van der Waals surface area contributed by atoms with Gasteiger partial charge in [-0.15, -0.1) is 0 Å². The molecule has 3 heteroatoms. The fourth-order valence-electron chi connectivity index (χ4n) is 0.665. The van der Waals surface area contributed by atoms with Crippen LogP contribution in [-0.2, 0) is 14.1 Å². The molecule has 0 radical (unpaired) electrons. The first-order valence-corrected chi connectivity index (χ1v) is 2.69. The van der Waals surface area contributed by atoms with Crippen LogP contribution in [0.15, 0.2) is 12.4 Å². The number of nitrogens with zero attached hydrogens (tertiary/aromatic N) is 2. The van der Waals surface area contributed by atoms with E-state index in [1.165, 1.54) is 5.72 Å². The molecule has 0 aliphatic rings. The molecular formula is C5H10BN2+. The molecule has 0 spiro atoms. The molecule has 0 unspecified atom stereocenters. The summed E-state index contributed by atoms with van der Waals surface area (Å²) in [4.78, 5) is 0. The summed E-state index contributed by atoms with van der Waals surface area (Å²) < 4.78 is 4.17. The van der Waals surface area contributed by atoms with Crippen molar-refractivity contribution in [2.75, 3.05) is 0 Å². The Morgan fingerprint density at radius 2 is 2.38 bits per heavy atom. The minimum atomic E-state index is 1.27. The molecule has 0 aliphatic heterocycles. The standard InChI is InChI=1S/C5H10BN2/c1-7-3-4-8(2)5(7)6/h3-4H,6H2,1-2H3/q+1. The average molecular weight is 109 g/mol. The van der Waals surface area contributed by atoms with E-state index in [9.17, 15) is 0 Å². The summed E-state index contributed by atoms with van der Waals surface area (Å²) in [5, 5.41) is 0. The number of rotatable bonds is 0. The first-order chi connectivity index (χ1) is 3.72. The van der Waals surface area contributed by atoms with E-state index >= 15 is 0 Å². The van der Waals surface area contributed by atoms with Gasteiger partial charge in [-0.1, -0.05) is 0 Å². The quantitative estimate of drug-likeness (QED) is 0.272. The highest BCUT2D eigenvalue weighted by Crippen LogP contribution is 1.67. The molecule has 0 bridgehead atoms. The Morgan fingerprint density at radius 3 is 2.50 bits per heavy atom. The predicted molar refractivity (Wildman–Crippen MR) is 34.8 cm³/mol. The lowest BCUT2D eigenvalue weighted by Gasteiger charge is -1.85. The lowest BCUT2D eigenvalue weighted by molar-refractivity contribution is -0.652. The van der Waals surface area contributed by atoms with E-state index in [0.717, 1.165) is 0 Å². The SMILES string of the molecule is Bc1n(C)cc[n+]1C. The molecule has 0 N–H and O–H groups in total. The minimum absolute atomic E-state index is 1.27. The molecule has 1 rings (SSSR count). The lowest BCUT2D eigenvalue weighted by atomic mass is 10.1. The van der Waals surface area contributed by atoms with Gasteiger partial charge >= 0.3 is 0 Å². The van der Waals surface area contributed by atoms with Gasteiger partial charge in [0.1, 0.15) is 12.4 Å².